The number of benzene rings is 1. The van der Waals surface area contributed by atoms with Crippen molar-refractivity contribution in [3.8, 4) is 11.3 Å². The Labute approximate surface area is 157 Å². The Morgan fingerprint density at radius 2 is 1.92 bits per heavy atom. The van der Waals surface area contributed by atoms with Gasteiger partial charge in [-0.2, -0.15) is 5.10 Å². The molecule has 0 aliphatic carbocycles. The fourth-order valence-electron chi connectivity index (χ4n) is 3.66. The van der Waals surface area contributed by atoms with Gasteiger partial charge in [0.15, 0.2) is 0 Å². The summed E-state index contributed by atoms with van der Waals surface area (Å²) in [7, 11) is 0. The number of carbonyl (C=O) groups is 2. The number of hydrogen-bond acceptors (Lipinski definition) is 3. The van der Waals surface area contributed by atoms with Gasteiger partial charge in [-0.25, -0.2) is 0 Å². The molecule has 2 aliphatic heterocycles. The average Bonchev–Trinajstić information content (AvgIpc) is 3.30. The molecule has 1 aromatic heterocycles. The second-order valence-electron chi connectivity index (χ2n) is 6.99. The lowest BCUT2D eigenvalue weighted by atomic mass is 10.1. The molecule has 1 saturated heterocycles. The molecule has 6 nitrogen and oxygen atoms in total. The van der Waals surface area contributed by atoms with Gasteiger partial charge in [-0.3, -0.25) is 14.3 Å². The van der Waals surface area contributed by atoms with Gasteiger partial charge in [0, 0.05) is 30.2 Å². The Kier molecular flexibility index (Phi) is 4.44. The lowest BCUT2D eigenvalue weighted by Crippen LogP contribution is -2.47. The maximum atomic E-state index is 12.9. The maximum Gasteiger partial charge on any atom is 0.272 e. The summed E-state index contributed by atoms with van der Waals surface area (Å²) in [5.74, 6) is -0.0997. The normalized spacial score (nSPS) is 19.8. The largest absolute Gasteiger partial charge is 0.341 e. The number of nitrogens with zero attached hydrogens (tertiary/aromatic N) is 4. The highest BCUT2D eigenvalue weighted by Gasteiger charge is 2.33. The van der Waals surface area contributed by atoms with Gasteiger partial charge in [0.2, 0.25) is 5.91 Å². The van der Waals surface area contributed by atoms with Crippen molar-refractivity contribution in [2.75, 3.05) is 26.2 Å². The average molecular weight is 373 g/mol. The minimum atomic E-state index is -0.136. The molecule has 3 heterocycles. The molecule has 7 heteroatoms. The van der Waals surface area contributed by atoms with Crippen LogP contribution in [0.4, 0.5) is 0 Å². The van der Waals surface area contributed by atoms with Crippen molar-refractivity contribution in [1.29, 1.82) is 0 Å². The first kappa shape index (κ1) is 17.1. The van der Waals surface area contributed by atoms with Crippen LogP contribution in [0.25, 0.3) is 11.3 Å². The predicted octanol–water partition coefficient (Wildman–Crippen LogP) is 2.84. The molecule has 136 valence electrons. The molecule has 0 radical (unpaired) electrons. The van der Waals surface area contributed by atoms with Crippen LogP contribution < -0.4 is 0 Å². The number of carbonyl (C=O) groups excluding carboxylic acids is 2. The summed E-state index contributed by atoms with van der Waals surface area (Å²) in [5.41, 5.74) is 2.18. The van der Waals surface area contributed by atoms with Gasteiger partial charge in [-0.15, -0.1) is 0 Å². The van der Waals surface area contributed by atoms with E-state index in [1.54, 1.807) is 15.6 Å². The number of amides is 2. The molecule has 1 fully saturated rings. The van der Waals surface area contributed by atoms with E-state index in [1.165, 1.54) is 0 Å². The molecule has 0 N–H and O–H groups in total. The summed E-state index contributed by atoms with van der Waals surface area (Å²) < 4.78 is 1.77. The van der Waals surface area contributed by atoms with Gasteiger partial charge >= 0.3 is 0 Å². The molecule has 1 atom stereocenters. The fraction of sp³-hybridized carbons (Fsp3) is 0.421. The number of halogens is 1. The van der Waals surface area contributed by atoms with Crippen LogP contribution in [-0.2, 0) is 4.79 Å². The molecular formula is C19H21ClN4O2. The van der Waals surface area contributed by atoms with E-state index in [4.69, 9.17) is 11.6 Å². The standard InChI is InChI=1S/C19H21ClN4O2/c1-13-11-23(12-18(25)22-8-2-3-9-22)19(26)17-10-16(21-24(13)17)14-4-6-15(20)7-5-14/h4-7,10,13H,2-3,8-9,11-12H2,1H3/t13-/m0/s1. The third-order valence-corrected chi connectivity index (χ3v) is 5.32. The molecule has 2 aromatic rings. The van der Waals surface area contributed by atoms with E-state index in [0.29, 0.717) is 17.3 Å². The Balaban J connectivity index is 1.57. The van der Waals surface area contributed by atoms with Crippen molar-refractivity contribution in [3.63, 3.8) is 0 Å². The molecule has 1 aromatic carbocycles. The number of rotatable bonds is 3. The third-order valence-electron chi connectivity index (χ3n) is 5.07. The van der Waals surface area contributed by atoms with Crippen LogP contribution in [0, 0.1) is 0 Å². The number of fused-ring (bicyclic) bond motifs is 1. The highest BCUT2D eigenvalue weighted by atomic mass is 35.5. The summed E-state index contributed by atoms with van der Waals surface area (Å²) in [6.07, 6.45) is 2.10. The zero-order chi connectivity index (χ0) is 18.3. The Morgan fingerprint density at radius 3 is 2.62 bits per heavy atom. The van der Waals surface area contributed by atoms with Crippen molar-refractivity contribution in [1.82, 2.24) is 19.6 Å². The van der Waals surface area contributed by atoms with Crippen LogP contribution in [0.1, 0.15) is 36.3 Å². The van der Waals surface area contributed by atoms with Gasteiger partial charge in [-0.05, 0) is 38.0 Å². The van der Waals surface area contributed by atoms with Gasteiger partial charge in [0.25, 0.3) is 5.91 Å². The van der Waals surface area contributed by atoms with Gasteiger partial charge < -0.3 is 9.80 Å². The molecule has 0 bridgehead atoms. The van der Waals surface area contributed by atoms with Crippen molar-refractivity contribution in [2.45, 2.75) is 25.8 Å². The first-order chi connectivity index (χ1) is 12.5. The molecule has 2 amide bonds. The summed E-state index contributed by atoms with van der Waals surface area (Å²) in [6, 6.07) is 9.22. The van der Waals surface area contributed by atoms with Crippen LogP contribution in [0.15, 0.2) is 30.3 Å². The molecular weight excluding hydrogens is 352 g/mol. The van der Waals surface area contributed by atoms with E-state index in [0.717, 1.165) is 37.2 Å². The van der Waals surface area contributed by atoms with E-state index < -0.39 is 0 Å². The fourth-order valence-corrected chi connectivity index (χ4v) is 3.79. The molecule has 0 saturated carbocycles. The Morgan fingerprint density at radius 1 is 1.23 bits per heavy atom. The molecule has 0 unspecified atom stereocenters. The summed E-state index contributed by atoms with van der Waals surface area (Å²) in [5, 5.41) is 5.26. The minimum Gasteiger partial charge on any atom is -0.341 e. The first-order valence-electron chi connectivity index (χ1n) is 8.95. The van der Waals surface area contributed by atoms with Crippen molar-refractivity contribution >= 4 is 23.4 Å². The van der Waals surface area contributed by atoms with Crippen LogP contribution in [0.3, 0.4) is 0 Å². The van der Waals surface area contributed by atoms with Gasteiger partial charge in [-0.1, -0.05) is 23.7 Å². The highest BCUT2D eigenvalue weighted by molar-refractivity contribution is 6.30. The van der Waals surface area contributed by atoms with Gasteiger partial charge in [0.05, 0.1) is 11.7 Å². The SMILES string of the molecule is C[C@H]1CN(CC(=O)N2CCCC2)C(=O)c2cc(-c3ccc(Cl)cc3)nn21. The van der Waals surface area contributed by atoms with Crippen LogP contribution in [0.5, 0.6) is 0 Å². The number of likely N-dealkylation sites (tertiary alicyclic amines) is 1. The van der Waals surface area contributed by atoms with E-state index in [-0.39, 0.29) is 24.4 Å². The molecule has 0 spiro atoms. The molecule has 4 rings (SSSR count). The van der Waals surface area contributed by atoms with Crippen molar-refractivity contribution < 1.29 is 9.59 Å². The first-order valence-corrected chi connectivity index (χ1v) is 9.33. The number of hydrogen-bond donors (Lipinski definition) is 0. The highest BCUT2D eigenvalue weighted by Crippen LogP contribution is 2.27. The van der Waals surface area contributed by atoms with Crippen molar-refractivity contribution in [2.24, 2.45) is 0 Å². The van der Waals surface area contributed by atoms with E-state index in [2.05, 4.69) is 5.10 Å². The smallest absolute Gasteiger partial charge is 0.272 e. The zero-order valence-corrected chi connectivity index (χ0v) is 15.4. The van der Waals surface area contributed by atoms with Crippen LogP contribution in [-0.4, -0.2) is 57.6 Å². The van der Waals surface area contributed by atoms with Crippen LogP contribution >= 0.6 is 11.6 Å². The minimum absolute atomic E-state index is 0.0233. The predicted molar refractivity (Wildman–Crippen MR) is 99.1 cm³/mol. The quantitative estimate of drug-likeness (QED) is 0.832. The summed E-state index contributed by atoms with van der Waals surface area (Å²) in [6.45, 7) is 4.25. The monoisotopic (exact) mass is 372 g/mol. The van der Waals surface area contributed by atoms with Gasteiger partial charge in [0.1, 0.15) is 12.2 Å². The van der Waals surface area contributed by atoms with E-state index in [1.807, 2.05) is 36.1 Å². The Bertz CT molecular complexity index is 840. The summed E-state index contributed by atoms with van der Waals surface area (Å²) >= 11 is 5.95. The zero-order valence-electron chi connectivity index (χ0n) is 14.7. The van der Waals surface area contributed by atoms with E-state index in [9.17, 15) is 9.59 Å². The van der Waals surface area contributed by atoms with E-state index >= 15 is 0 Å². The molecule has 2 aliphatic rings. The Hall–Kier alpha value is -2.34. The second kappa shape index (κ2) is 6.76. The second-order valence-corrected chi connectivity index (χ2v) is 7.43. The maximum absolute atomic E-state index is 12.9. The van der Waals surface area contributed by atoms with Crippen molar-refractivity contribution in [3.05, 3.63) is 41.0 Å². The topological polar surface area (TPSA) is 58.4 Å². The van der Waals surface area contributed by atoms with Crippen LogP contribution in [0.2, 0.25) is 5.02 Å². The molecule has 26 heavy (non-hydrogen) atoms. The lowest BCUT2D eigenvalue weighted by Gasteiger charge is -2.32. The summed E-state index contributed by atoms with van der Waals surface area (Å²) in [4.78, 5) is 28.8. The third kappa shape index (κ3) is 3.09. The number of aromatic nitrogens is 2. The lowest BCUT2D eigenvalue weighted by molar-refractivity contribution is -0.131.